The van der Waals surface area contributed by atoms with Crippen LogP contribution >= 0.6 is 0 Å². The third-order valence-electron chi connectivity index (χ3n) is 6.09. The number of aromatic nitrogens is 2. The Hall–Kier alpha value is -2.99. The zero-order chi connectivity index (χ0) is 19.8. The van der Waals surface area contributed by atoms with Crippen molar-refractivity contribution in [2.75, 3.05) is 19.7 Å². The lowest BCUT2D eigenvalue weighted by atomic mass is 9.83. The summed E-state index contributed by atoms with van der Waals surface area (Å²) >= 11 is 0. The number of likely N-dealkylation sites (tertiary alicyclic amines) is 1. The summed E-state index contributed by atoms with van der Waals surface area (Å²) in [5.74, 6) is -0.287. The Labute approximate surface area is 168 Å². The van der Waals surface area contributed by atoms with Crippen LogP contribution in [0.5, 0.6) is 0 Å². The van der Waals surface area contributed by atoms with Gasteiger partial charge in [-0.25, -0.2) is 4.39 Å². The molecule has 1 saturated heterocycles. The second-order valence-corrected chi connectivity index (χ2v) is 7.71. The molecule has 2 aliphatic rings. The fourth-order valence-corrected chi connectivity index (χ4v) is 4.51. The lowest BCUT2D eigenvalue weighted by Gasteiger charge is -2.43. The lowest BCUT2D eigenvalue weighted by molar-refractivity contribution is -0.0962. The molecule has 0 aliphatic carbocycles. The van der Waals surface area contributed by atoms with Crippen LogP contribution in [0.3, 0.4) is 0 Å². The van der Waals surface area contributed by atoms with Crippen LogP contribution in [0.15, 0.2) is 54.7 Å². The molecular formula is C23H22FN3O2. The average Bonchev–Trinajstić information content (AvgIpc) is 3.25. The standard InChI is InChI=1S/C23H22FN3O2/c24-18-7-5-16(6-8-18)19-3-1-2-4-20(19)22(28)27-12-10-23(11-13-27)21-17(9-14-29-23)15-25-26-21/h1-8,15H,9-14H2,(H,25,26). The fourth-order valence-electron chi connectivity index (χ4n) is 4.51. The largest absolute Gasteiger partial charge is 0.368 e. The molecule has 0 saturated carbocycles. The lowest BCUT2D eigenvalue weighted by Crippen LogP contribution is -2.48. The molecule has 5 nitrogen and oxygen atoms in total. The SMILES string of the molecule is O=C(c1ccccc1-c1ccc(F)cc1)N1CCC2(CC1)OCCc1cn[nH]c12. The second-order valence-electron chi connectivity index (χ2n) is 7.71. The Bertz CT molecular complexity index is 1040. The van der Waals surface area contributed by atoms with Crippen molar-refractivity contribution in [3.8, 4) is 11.1 Å². The summed E-state index contributed by atoms with van der Waals surface area (Å²) < 4.78 is 19.5. The van der Waals surface area contributed by atoms with E-state index in [1.165, 1.54) is 17.7 Å². The van der Waals surface area contributed by atoms with E-state index in [1.807, 2.05) is 35.4 Å². The van der Waals surface area contributed by atoms with Gasteiger partial charge >= 0.3 is 0 Å². The number of hydrogen-bond donors (Lipinski definition) is 1. The minimum Gasteiger partial charge on any atom is -0.368 e. The number of hydrogen-bond acceptors (Lipinski definition) is 3. The average molecular weight is 391 g/mol. The Balaban J connectivity index is 1.38. The van der Waals surface area contributed by atoms with Gasteiger partial charge in [-0.2, -0.15) is 5.10 Å². The van der Waals surface area contributed by atoms with Crippen LogP contribution in [0.4, 0.5) is 4.39 Å². The van der Waals surface area contributed by atoms with Crippen LogP contribution in [-0.2, 0) is 16.8 Å². The van der Waals surface area contributed by atoms with Gasteiger partial charge < -0.3 is 9.64 Å². The number of benzene rings is 2. The molecule has 29 heavy (non-hydrogen) atoms. The normalized spacial score (nSPS) is 17.9. The molecule has 1 fully saturated rings. The van der Waals surface area contributed by atoms with Gasteiger partial charge in [0.15, 0.2) is 0 Å². The number of rotatable bonds is 2. The first kappa shape index (κ1) is 18.1. The summed E-state index contributed by atoms with van der Waals surface area (Å²) in [6.07, 6.45) is 4.25. The molecule has 5 rings (SSSR count). The molecule has 0 unspecified atom stereocenters. The van der Waals surface area contributed by atoms with Crippen molar-refractivity contribution < 1.29 is 13.9 Å². The van der Waals surface area contributed by atoms with Crippen LogP contribution in [-0.4, -0.2) is 40.7 Å². The molecule has 1 amide bonds. The van der Waals surface area contributed by atoms with E-state index in [4.69, 9.17) is 4.74 Å². The highest BCUT2D eigenvalue weighted by molar-refractivity contribution is 6.01. The van der Waals surface area contributed by atoms with Crippen LogP contribution < -0.4 is 0 Å². The van der Waals surface area contributed by atoms with Crippen molar-refractivity contribution in [2.24, 2.45) is 0 Å². The number of nitrogens with zero attached hydrogens (tertiary/aromatic N) is 2. The summed E-state index contributed by atoms with van der Waals surface area (Å²) in [5.41, 5.74) is 4.23. The fraction of sp³-hybridized carbons (Fsp3) is 0.304. The number of fused-ring (bicyclic) bond motifs is 2. The van der Waals surface area contributed by atoms with E-state index in [0.29, 0.717) is 25.3 Å². The number of carbonyl (C=O) groups is 1. The van der Waals surface area contributed by atoms with Crippen LogP contribution in [0.25, 0.3) is 11.1 Å². The first-order valence-corrected chi connectivity index (χ1v) is 9.97. The molecular weight excluding hydrogens is 369 g/mol. The summed E-state index contributed by atoms with van der Waals surface area (Å²) in [7, 11) is 0. The molecule has 2 aromatic carbocycles. The Morgan fingerprint density at radius 3 is 2.66 bits per heavy atom. The highest BCUT2D eigenvalue weighted by Crippen LogP contribution is 2.40. The van der Waals surface area contributed by atoms with E-state index in [9.17, 15) is 9.18 Å². The van der Waals surface area contributed by atoms with E-state index in [-0.39, 0.29) is 17.3 Å². The van der Waals surface area contributed by atoms with Crippen molar-refractivity contribution in [1.82, 2.24) is 15.1 Å². The highest BCUT2D eigenvalue weighted by atomic mass is 19.1. The van der Waals surface area contributed by atoms with Crippen molar-refractivity contribution in [2.45, 2.75) is 24.9 Å². The van der Waals surface area contributed by atoms with Gasteiger partial charge in [0.05, 0.1) is 18.5 Å². The van der Waals surface area contributed by atoms with Gasteiger partial charge in [-0.15, -0.1) is 0 Å². The summed E-state index contributed by atoms with van der Waals surface area (Å²) in [6.45, 7) is 1.93. The number of halogens is 1. The van der Waals surface area contributed by atoms with E-state index >= 15 is 0 Å². The Morgan fingerprint density at radius 1 is 1.10 bits per heavy atom. The van der Waals surface area contributed by atoms with Gasteiger partial charge in [0.2, 0.25) is 0 Å². The minimum absolute atomic E-state index is 0.000388. The quantitative estimate of drug-likeness (QED) is 0.720. The Morgan fingerprint density at radius 2 is 1.86 bits per heavy atom. The minimum atomic E-state index is -0.364. The van der Waals surface area contributed by atoms with Gasteiger partial charge in [-0.05, 0) is 54.2 Å². The summed E-state index contributed by atoms with van der Waals surface area (Å²) in [6, 6.07) is 13.8. The smallest absolute Gasteiger partial charge is 0.254 e. The predicted molar refractivity (Wildman–Crippen MR) is 107 cm³/mol. The molecule has 1 spiro atoms. The number of amides is 1. The molecule has 1 aromatic heterocycles. The summed E-state index contributed by atoms with van der Waals surface area (Å²) in [5, 5.41) is 7.31. The number of ether oxygens (including phenoxy) is 1. The van der Waals surface area contributed by atoms with Crippen molar-refractivity contribution >= 4 is 5.91 Å². The molecule has 1 N–H and O–H groups in total. The van der Waals surface area contributed by atoms with Crippen molar-refractivity contribution in [1.29, 1.82) is 0 Å². The molecule has 0 atom stereocenters. The maximum atomic E-state index is 13.3. The molecule has 3 heterocycles. The molecule has 0 radical (unpaired) electrons. The molecule has 148 valence electrons. The van der Waals surface area contributed by atoms with Gasteiger partial charge in [0.1, 0.15) is 11.4 Å². The number of nitrogens with one attached hydrogen (secondary N) is 1. The number of piperidine rings is 1. The first-order chi connectivity index (χ1) is 14.2. The summed E-state index contributed by atoms with van der Waals surface area (Å²) in [4.78, 5) is 15.2. The first-order valence-electron chi connectivity index (χ1n) is 9.97. The zero-order valence-corrected chi connectivity index (χ0v) is 16.0. The molecule has 2 aliphatic heterocycles. The number of carbonyl (C=O) groups excluding carboxylic acids is 1. The molecule has 3 aromatic rings. The monoisotopic (exact) mass is 391 g/mol. The van der Waals surface area contributed by atoms with Gasteiger partial charge in [0, 0.05) is 18.7 Å². The van der Waals surface area contributed by atoms with E-state index < -0.39 is 0 Å². The van der Waals surface area contributed by atoms with E-state index in [2.05, 4.69) is 10.2 Å². The van der Waals surface area contributed by atoms with E-state index in [1.54, 1.807) is 12.1 Å². The van der Waals surface area contributed by atoms with Gasteiger partial charge in [0.25, 0.3) is 5.91 Å². The highest BCUT2D eigenvalue weighted by Gasteiger charge is 2.43. The van der Waals surface area contributed by atoms with E-state index in [0.717, 1.165) is 36.1 Å². The topological polar surface area (TPSA) is 58.2 Å². The third kappa shape index (κ3) is 3.13. The van der Waals surface area contributed by atoms with Gasteiger partial charge in [-0.3, -0.25) is 9.89 Å². The molecule has 0 bridgehead atoms. The maximum absolute atomic E-state index is 13.3. The Kier molecular flexibility index (Phi) is 4.43. The van der Waals surface area contributed by atoms with Gasteiger partial charge in [-0.1, -0.05) is 30.3 Å². The van der Waals surface area contributed by atoms with Crippen LogP contribution in [0.1, 0.15) is 34.5 Å². The molecule has 6 heteroatoms. The van der Waals surface area contributed by atoms with Crippen LogP contribution in [0.2, 0.25) is 0 Å². The maximum Gasteiger partial charge on any atom is 0.254 e. The zero-order valence-electron chi connectivity index (χ0n) is 16.0. The number of aromatic amines is 1. The third-order valence-corrected chi connectivity index (χ3v) is 6.09. The second kappa shape index (κ2) is 7.12. The number of H-pyrrole nitrogens is 1. The predicted octanol–water partition coefficient (Wildman–Crippen LogP) is 3.92. The van der Waals surface area contributed by atoms with Crippen molar-refractivity contribution in [3.05, 3.63) is 77.4 Å². The van der Waals surface area contributed by atoms with Crippen LogP contribution in [0, 0.1) is 5.82 Å². The van der Waals surface area contributed by atoms with Crippen molar-refractivity contribution in [3.63, 3.8) is 0 Å².